The zero-order chi connectivity index (χ0) is 10.8. The zero-order valence-corrected chi connectivity index (χ0v) is 9.88. The third kappa shape index (κ3) is 6.67. The predicted octanol–water partition coefficient (Wildman–Crippen LogP) is 3.45. The Kier molecular flexibility index (Phi) is 8.25. The summed E-state index contributed by atoms with van der Waals surface area (Å²) in [5, 5.41) is 3.24. The van der Waals surface area contributed by atoms with Crippen LogP contribution in [0, 0.1) is 0 Å². The molecule has 1 atom stereocenters. The van der Waals surface area contributed by atoms with E-state index in [9.17, 15) is 0 Å². The van der Waals surface area contributed by atoms with E-state index in [1.165, 1.54) is 5.57 Å². The molecule has 0 aromatic heterocycles. The second-order valence-electron chi connectivity index (χ2n) is 3.45. The Hall–Kier alpha value is -0.820. The number of hydrogen-bond donors (Lipinski definition) is 1. The van der Waals surface area contributed by atoms with E-state index in [0.29, 0.717) is 6.04 Å². The molecule has 0 saturated carbocycles. The summed E-state index contributed by atoms with van der Waals surface area (Å²) in [5.41, 5.74) is 1.38. The van der Waals surface area contributed by atoms with Gasteiger partial charge in [-0.25, -0.2) is 0 Å². The lowest BCUT2D eigenvalue weighted by atomic mass is 10.1. The predicted molar refractivity (Wildman–Crippen MR) is 65.5 cm³/mol. The van der Waals surface area contributed by atoms with Crippen molar-refractivity contribution in [2.75, 3.05) is 7.05 Å². The number of allylic oxidation sites excluding steroid dienone is 5. The molecule has 0 aliphatic carbocycles. The minimum Gasteiger partial charge on any atom is -0.317 e. The fraction of sp³-hybridized carbons (Fsp3) is 0.538. The summed E-state index contributed by atoms with van der Waals surface area (Å²) >= 11 is 0. The number of rotatable bonds is 6. The van der Waals surface area contributed by atoms with Crippen LogP contribution >= 0.6 is 0 Å². The first kappa shape index (κ1) is 13.2. The Labute approximate surface area is 88.6 Å². The Bertz CT molecular complexity index is 211. The molecule has 0 aliphatic heterocycles. The molecule has 1 nitrogen and oxygen atoms in total. The molecule has 1 unspecified atom stereocenters. The van der Waals surface area contributed by atoms with Crippen molar-refractivity contribution < 1.29 is 0 Å². The van der Waals surface area contributed by atoms with E-state index in [-0.39, 0.29) is 0 Å². The van der Waals surface area contributed by atoms with Crippen molar-refractivity contribution in [1.29, 1.82) is 0 Å². The molecule has 0 aliphatic rings. The van der Waals surface area contributed by atoms with Crippen LogP contribution in [-0.2, 0) is 0 Å². The molecule has 0 bridgehead atoms. The first-order chi connectivity index (χ1) is 6.74. The van der Waals surface area contributed by atoms with Crippen LogP contribution in [0.4, 0.5) is 0 Å². The van der Waals surface area contributed by atoms with Crippen LogP contribution in [-0.4, -0.2) is 13.1 Å². The maximum atomic E-state index is 3.24. The van der Waals surface area contributed by atoms with Crippen LogP contribution in [0.15, 0.2) is 36.0 Å². The topological polar surface area (TPSA) is 12.0 Å². The second-order valence-corrected chi connectivity index (χ2v) is 3.45. The van der Waals surface area contributed by atoms with Gasteiger partial charge in [0.2, 0.25) is 0 Å². The Morgan fingerprint density at radius 2 is 2.07 bits per heavy atom. The average molecular weight is 193 g/mol. The monoisotopic (exact) mass is 193 g/mol. The highest BCUT2D eigenvalue weighted by molar-refractivity contribution is 5.22. The smallest absolute Gasteiger partial charge is 0.00760 e. The lowest BCUT2D eigenvalue weighted by Gasteiger charge is -2.09. The van der Waals surface area contributed by atoms with E-state index in [1.807, 2.05) is 7.05 Å². The molecule has 80 valence electrons. The second kappa shape index (κ2) is 8.76. The lowest BCUT2D eigenvalue weighted by Crippen LogP contribution is -2.21. The summed E-state index contributed by atoms with van der Waals surface area (Å²) in [6.07, 6.45) is 12.9. The van der Waals surface area contributed by atoms with Gasteiger partial charge < -0.3 is 5.32 Å². The minimum absolute atomic E-state index is 0.543. The van der Waals surface area contributed by atoms with Crippen molar-refractivity contribution in [3.8, 4) is 0 Å². The van der Waals surface area contributed by atoms with Crippen LogP contribution in [0.3, 0.4) is 0 Å². The lowest BCUT2D eigenvalue weighted by molar-refractivity contribution is 0.610. The maximum Gasteiger partial charge on any atom is 0.00760 e. The number of hydrogen-bond acceptors (Lipinski definition) is 1. The van der Waals surface area contributed by atoms with Crippen LogP contribution in [0.5, 0.6) is 0 Å². The van der Waals surface area contributed by atoms with E-state index in [2.05, 4.69) is 56.5 Å². The fourth-order valence-corrected chi connectivity index (χ4v) is 1.13. The first-order valence-corrected chi connectivity index (χ1v) is 5.40. The van der Waals surface area contributed by atoms with Gasteiger partial charge in [0.05, 0.1) is 0 Å². The van der Waals surface area contributed by atoms with Crippen LogP contribution < -0.4 is 5.32 Å². The highest BCUT2D eigenvalue weighted by Crippen LogP contribution is 2.06. The molecule has 1 heteroatoms. The third-order valence-electron chi connectivity index (χ3n) is 2.20. The molecule has 0 heterocycles. The van der Waals surface area contributed by atoms with Gasteiger partial charge in [0.1, 0.15) is 0 Å². The molecule has 0 saturated heterocycles. The maximum absolute atomic E-state index is 3.24. The van der Waals surface area contributed by atoms with Gasteiger partial charge in [-0.2, -0.15) is 0 Å². The minimum atomic E-state index is 0.543. The summed E-state index contributed by atoms with van der Waals surface area (Å²) in [4.78, 5) is 0. The third-order valence-corrected chi connectivity index (χ3v) is 2.20. The molecular formula is C13H23N. The van der Waals surface area contributed by atoms with E-state index >= 15 is 0 Å². The Balaban J connectivity index is 4.04. The van der Waals surface area contributed by atoms with E-state index in [1.54, 1.807) is 0 Å². The van der Waals surface area contributed by atoms with E-state index < -0.39 is 0 Å². The average Bonchev–Trinajstić information content (AvgIpc) is 2.22. The normalized spacial score (nSPS) is 15.6. The Morgan fingerprint density at radius 3 is 2.57 bits per heavy atom. The molecule has 0 fully saturated rings. The Morgan fingerprint density at radius 1 is 1.36 bits per heavy atom. The molecule has 0 spiro atoms. The molecule has 0 aromatic rings. The van der Waals surface area contributed by atoms with Gasteiger partial charge in [-0.3, -0.25) is 0 Å². The molecule has 0 rings (SSSR count). The van der Waals surface area contributed by atoms with Gasteiger partial charge >= 0.3 is 0 Å². The van der Waals surface area contributed by atoms with Crippen molar-refractivity contribution in [3.63, 3.8) is 0 Å². The summed E-state index contributed by atoms with van der Waals surface area (Å²) < 4.78 is 0. The molecule has 14 heavy (non-hydrogen) atoms. The first-order valence-electron chi connectivity index (χ1n) is 5.40. The van der Waals surface area contributed by atoms with Gasteiger partial charge in [0, 0.05) is 6.04 Å². The number of nitrogens with one attached hydrogen (secondary N) is 1. The molecule has 0 amide bonds. The largest absolute Gasteiger partial charge is 0.317 e. The SMILES string of the molecule is C/C=C(/C=C\C=C/CC)CC(C)NC. The van der Waals surface area contributed by atoms with E-state index in [4.69, 9.17) is 0 Å². The van der Waals surface area contributed by atoms with E-state index in [0.717, 1.165) is 12.8 Å². The molecule has 0 aromatic carbocycles. The van der Waals surface area contributed by atoms with Gasteiger partial charge in [-0.1, -0.05) is 42.9 Å². The van der Waals surface area contributed by atoms with Crippen molar-refractivity contribution >= 4 is 0 Å². The van der Waals surface area contributed by atoms with Crippen molar-refractivity contribution in [3.05, 3.63) is 36.0 Å². The van der Waals surface area contributed by atoms with Gasteiger partial charge in [0.15, 0.2) is 0 Å². The summed E-state index contributed by atoms with van der Waals surface area (Å²) in [6.45, 7) is 6.43. The highest BCUT2D eigenvalue weighted by atomic mass is 14.8. The zero-order valence-electron chi connectivity index (χ0n) is 9.88. The van der Waals surface area contributed by atoms with Gasteiger partial charge in [-0.05, 0) is 33.7 Å². The van der Waals surface area contributed by atoms with Gasteiger partial charge in [0.25, 0.3) is 0 Å². The molecule has 0 radical (unpaired) electrons. The summed E-state index contributed by atoms with van der Waals surface area (Å²) in [7, 11) is 2.00. The quantitative estimate of drug-likeness (QED) is 0.637. The summed E-state index contributed by atoms with van der Waals surface area (Å²) in [6, 6.07) is 0.543. The molecular weight excluding hydrogens is 170 g/mol. The van der Waals surface area contributed by atoms with Crippen molar-refractivity contribution in [2.24, 2.45) is 0 Å². The van der Waals surface area contributed by atoms with Crippen molar-refractivity contribution in [2.45, 2.75) is 39.7 Å². The van der Waals surface area contributed by atoms with Gasteiger partial charge in [-0.15, -0.1) is 0 Å². The standard InChI is InChI=1S/C13H23N/c1-5-7-8-9-10-13(6-2)11-12(3)14-4/h6-10,12,14H,5,11H2,1-4H3/b8-7-,10-9-,13-6-. The van der Waals surface area contributed by atoms with Crippen LogP contribution in [0.1, 0.15) is 33.6 Å². The van der Waals surface area contributed by atoms with Crippen LogP contribution in [0.2, 0.25) is 0 Å². The van der Waals surface area contributed by atoms with Crippen molar-refractivity contribution in [1.82, 2.24) is 5.32 Å². The van der Waals surface area contributed by atoms with Crippen LogP contribution in [0.25, 0.3) is 0 Å². The highest BCUT2D eigenvalue weighted by Gasteiger charge is 1.98. The summed E-state index contributed by atoms with van der Waals surface area (Å²) in [5.74, 6) is 0. The molecule has 1 N–H and O–H groups in total. The fourth-order valence-electron chi connectivity index (χ4n) is 1.13.